The summed E-state index contributed by atoms with van der Waals surface area (Å²) in [5.41, 5.74) is 12.8. The van der Waals surface area contributed by atoms with Crippen LogP contribution in [0.1, 0.15) is 77.5 Å². The van der Waals surface area contributed by atoms with E-state index in [-0.39, 0.29) is 34.0 Å². The van der Waals surface area contributed by atoms with Gasteiger partial charge in [-0.2, -0.15) is 21.0 Å². The lowest BCUT2D eigenvalue weighted by Crippen LogP contribution is -2.50. The summed E-state index contributed by atoms with van der Waals surface area (Å²) < 4.78 is 31.9. The monoisotopic (exact) mass is 1450 g/mol. The molecule has 3 aliphatic heterocycles. The number of carbonyl (C=O) groups excluding carboxylic acids is 3. The van der Waals surface area contributed by atoms with Crippen molar-refractivity contribution in [2.75, 3.05) is 109 Å². The number of rotatable bonds is 18. The summed E-state index contributed by atoms with van der Waals surface area (Å²) in [5, 5.41) is 54.9. The molecule has 0 saturated carbocycles. The second-order valence-electron chi connectivity index (χ2n) is 27.0. The molecule has 0 atom stereocenters. The summed E-state index contributed by atoms with van der Waals surface area (Å²) in [5.74, 6) is -1.97. The number of methoxy groups -OCH3 is 1. The smallest absolute Gasteiger partial charge is 0.319 e. The molecule has 21 heteroatoms. The lowest BCUT2D eigenvalue weighted by atomic mass is 9.72. The van der Waals surface area contributed by atoms with Gasteiger partial charge in [0, 0.05) is 82.7 Å². The molecule has 0 bridgehead atoms. The topological polar surface area (TPSA) is 237 Å². The molecule has 3 aliphatic rings. The zero-order chi connectivity index (χ0) is 74.4. The number of nitriles is 4. The van der Waals surface area contributed by atoms with Crippen LogP contribution in [0.15, 0.2) is 206 Å². The van der Waals surface area contributed by atoms with Crippen molar-refractivity contribution >= 4 is 58.4 Å². The van der Waals surface area contributed by atoms with Crippen LogP contribution in [0, 0.1) is 57.0 Å². The summed E-state index contributed by atoms with van der Waals surface area (Å²) in [6.07, 6.45) is 5.44. The molecule has 0 aromatic heterocycles. The first kappa shape index (κ1) is 76.7. The number of anilines is 3. The number of piperidine rings is 3. The number of hydrogen-bond acceptors (Lipinski definition) is 11. The number of nitrogens with zero attached hydrogens (tertiary/aromatic N) is 7. The van der Waals surface area contributed by atoms with Gasteiger partial charge in [-0.3, -0.25) is 0 Å². The maximum absolute atomic E-state index is 13.5. The zero-order valence-corrected chi connectivity index (χ0v) is 60.4. The molecule has 6 N–H and O–H groups in total. The van der Waals surface area contributed by atoms with Crippen LogP contribution >= 0.6 is 23.2 Å². The van der Waals surface area contributed by atoms with Gasteiger partial charge in [0.25, 0.3) is 0 Å². The fraction of sp³-hybridized carbons (Fsp3) is 0.274. The lowest BCUT2D eigenvalue weighted by Gasteiger charge is -2.42. The lowest BCUT2D eigenvalue weighted by molar-refractivity contribution is 0.109. The van der Waals surface area contributed by atoms with E-state index < -0.39 is 17.7 Å². The maximum Gasteiger partial charge on any atom is 0.319 e. The third kappa shape index (κ3) is 20.9. The van der Waals surface area contributed by atoms with E-state index in [0.29, 0.717) is 69.9 Å². The predicted octanol–water partition coefficient (Wildman–Crippen LogP) is 16.5. The molecule has 17 nitrogen and oxygen atoms in total. The van der Waals surface area contributed by atoms with Crippen molar-refractivity contribution in [3.63, 3.8) is 0 Å². The minimum Gasteiger partial charge on any atom is -0.383 e. The number of amides is 6. The molecule has 0 spiro atoms. The van der Waals surface area contributed by atoms with Crippen LogP contribution in [0.5, 0.6) is 0 Å². The molecule has 0 unspecified atom stereocenters. The molecule has 9 aromatic rings. The van der Waals surface area contributed by atoms with Crippen LogP contribution in [0.2, 0.25) is 10.0 Å². The van der Waals surface area contributed by atoms with Gasteiger partial charge < -0.3 is 51.3 Å². The van der Waals surface area contributed by atoms with Gasteiger partial charge in [-0.1, -0.05) is 138 Å². The van der Waals surface area contributed by atoms with Gasteiger partial charge in [-0.25, -0.2) is 23.2 Å². The molecule has 9 aromatic carbocycles. The molecule has 536 valence electrons. The summed E-state index contributed by atoms with van der Waals surface area (Å²) >= 11 is 12.1. The predicted molar refractivity (Wildman–Crippen MR) is 411 cm³/mol. The van der Waals surface area contributed by atoms with Crippen molar-refractivity contribution in [1.29, 1.82) is 21.0 Å². The van der Waals surface area contributed by atoms with E-state index in [1.165, 1.54) is 17.2 Å². The number of likely N-dealkylation sites (tertiary alicyclic amines) is 3. The molecule has 105 heavy (non-hydrogen) atoms. The maximum atomic E-state index is 13.5. The molecule has 12 rings (SSSR count). The van der Waals surface area contributed by atoms with Crippen LogP contribution in [0.25, 0.3) is 33.4 Å². The van der Waals surface area contributed by atoms with Gasteiger partial charge in [0.05, 0.1) is 53.1 Å². The Hall–Kier alpha value is -11.0. The Morgan fingerprint density at radius 2 is 0.752 bits per heavy atom. The Bertz CT molecular complexity index is 4640. The summed E-state index contributed by atoms with van der Waals surface area (Å²) in [7, 11) is 5.92. The molecular formula is C84H83Cl2F2N13O4. The normalized spacial score (nSPS) is 15.2. The fourth-order valence-electron chi connectivity index (χ4n) is 13.7. The highest BCUT2D eigenvalue weighted by atomic mass is 35.5. The highest BCUT2D eigenvalue weighted by Gasteiger charge is 2.39. The number of benzene rings is 9. The first-order valence-electron chi connectivity index (χ1n) is 34.8. The number of carbonyl (C=O) groups is 3. The molecule has 6 amide bonds. The molecule has 3 fully saturated rings. The SMILES string of the molecule is CN1CCC(CNC(=O)Nc2ccc(F)c(F)c2)(c2ccc(-c3cccc(C#N)c3)cc2)CC1.CN1CCC(CNC(=O)Nc2cccc(C#N)c2)(c2ccc(-c3cccc(C#N)c3)cc2)CC1.COCCN1CCC(CNC(=O)Nc2cc(Cl)cc(Cl)c2)(c2ccc(-c3cccc(C#N)c3)cc2)CC1. The first-order chi connectivity index (χ1) is 50.8. The Morgan fingerprint density at radius 1 is 0.410 bits per heavy atom. The van der Waals surface area contributed by atoms with Crippen molar-refractivity contribution < 1.29 is 27.9 Å². The van der Waals surface area contributed by atoms with Crippen molar-refractivity contribution in [2.45, 2.75) is 54.8 Å². The van der Waals surface area contributed by atoms with Crippen LogP contribution in [-0.2, 0) is 21.0 Å². The Labute approximate surface area is 623 Å². The van der Waals surface area contributed by atoms with Crippen LogP contribution < -0.4 is 31.9 Å². The molecule has 3 heterocycles. The number of halogens is 4. The molecule has 0 radical (unpaired) electrons. The van der Waals surface area contributed by atoms with Crippen molar-refractivity contribution in [3.05, 3.63) is 267 Å². The first-order valence-corrected chi connectivity index (χ1v) is 35.5. The van der Waals surface area contributed by atoms with E-state index in [1.54, 1.807) is 67.8 Å². The van der Waals surface area contributed by atoms with Gasteiger partial charge >= 0.3 is 18.1 Å². The molecule has 0 aliphatic carbocycles. The van der Waals surface area contributed by atoms with Crippen molar-refractivity contribution in [1.82, 2.24) is 30.7 Å². The average molecular weight is 1450 g/mol. The highest BCUT2D eigenvalue weighted by molar-refractivity contribution is 6.35. The number of ether oxygens (including phenoxy) is 1. The van der Waals surface area contributed by atoms with E-state index in [9.17, 15) is 39.0 Å². The average Bonchev–Trinajstić information content (AvgIpc) is 0.800. The zero-order valence-electron chi connectivity index (χ0n) is 58.9. The van der Waals surface area contributed by atoms with E-state index in [2.05, 4.69) is 146 Å². The van der Waals surface area contributed by atoms with Gasteiger partial charge in [-0.05, 0) is 227 Å². The summed E-state index contributed by atoms with van der Waals surface area (Å²) in [6.45, 7) is 8.58. The van der Waals surface area contributed by atoms with Crippen LogP contribution in [0.4, 0.5) is 40.2 Å². The van der Waals surface area contributed by atoms with Crippen molar-refractivity contribution in [3.8, 4) is 57.7 Å². The largest absolute Gasteiger partial charge is 0.383 e. The highest BCUT2D eigenvalue weighted by Crippen LogP contribution is 2.40. The van der Waals surface area contributed by atoms with Crippen molar-refractivity contribution in [2.24, 2.45) is 0 Å². The van der Waals surface area contributed by atoms with Gasteiger partial charge in [-0.15, -0.1) is 0 Å². The Balaban J connectivity index is 0.000000169. The number of hydrogen-bond donors (Lipinski definition) is 6. The second kappa shape index (κ2) is 36.4. The molecule has 3 saturated heterocycles. The minimum atomic E-state index is -1.01. The fourth-order valence-corrected chi connectivity index (χ4v) is 14.2. The van der Waals surface area contributed by atoms with Gasteiger partial charge in [0.1, 0.15) is 0 Å². The van der Waals surface area contributed by atoms with E-state index >= 15 is 0 Å². The van der Waals surface area contributed by atoms with Crippen LogP contribution in [-0.4, -0.2) is 126 Å². The Morgan fingerprint density at radius 3 is 1.11 bits per heavy atom. The van der Waals surface area contributed by atoms with Gasteiger partial charge in [0.2, 0.25) is 0 Å². The molecular weight excluding hydrogens is 1360 g/mol. The third-order valence-corrected chi connectivity index (χ3v) is 20.5. The number of nitrogens with one attached hydrogen (secondary N) is 6. The number of urea groups is 3. The van der Waals surface area contributed by atoms with Crippen LogP contribution in [0.3, 0.4) is 0 Å². The van der Waals surface area contributed by atoms with E-state index in [0.717, 1.165) is 135 Å². The minimum absolute atomic E-state index is 0.161. The third-order valence-electron chi connectivity index (χ3n) is 20.1. The Kier molecular flexibility index (Phi) is 26.6. The summed E-state index contributed by atoms with van der Waals surface area (Å²) in [4.78, 5) is 44.9. The van der Waals surface area contributed by atoms with E-state index in [4.69, 9.17) is 33.2 Å². The van der Waals surface area contributed by atoms with Gasteiger partial charge in [0.15, 0.2) is 11.6 Å². The standard InChI is InChI=1S/C29H30Cl2N4O2.C28H27N5O.C27H26F2N4O/c1-37-14-13-35-11-9-29(10-12-35,20-33-28(36)34-27-17-25(30)16-26(31)18-27)24-7-5-22(6-8-24)23-4-2-3-21(15-23)19-32;1-33-14-12-28(13-15-33,20-31-27(34)32-26-7-3-5-22(17-26)19-30)25-10-8-23(9-11-25)24-6-2-4-21(16-24)18-29;1-33-13-11-27(12-14-33,18-31-26(34)32-23-9-10-24(28)25(29)16-23)22-7-5-20(6-8-22)21-4-2-3-19(15-21)17-30/h2-8,15-18H,9-14,20H2,1H3,(H2,33,34,36);2-11,16-17H,12-15,20H2,1H3,(H2,31,32,34);2-10,15-16H,11-14,18H2,1H3,(H2,31,32,34). The van der Waals surface area contributed by atoms with E-state index in [1.807, 2.05) is 66.7 Å². The quantitative estimate of drug-likeness (QED) is 0.0472. The second-order valence-corrected chi connectivity index (χ2v) is 27.9. The summed E-state index contributed by atoms with van der Waals surface area (Å²) in [6, 6.07) is 70.7.